The molecule has 1 fully saturated rings. The number of amides is 2. The Hall–Kier alpha value is -3.75. The summed E-state index contributed by atoms with van der Waals surface area (Å²) in [4.78, 5) is 30.1. The number of hydrogen-bond donors (Lipinski definition) is 1. The fourth-order valence-corrected chi connectivity index (χ4v) is 4.23. The van der Waals surface area contributed by atoms with Gasteiger partial charge in [-0.25, -0.2) is 4.39 Å². The molecule has 194 valence electrons. The van der Waals surface area contributed by atoms with Gasteiger partial charge < -0.3 is 19.7 Å². The van der Waals surface area contributed by atoms with E-state index in [-0.39, 0.29) is 30.6 Å². The van der Waals surface area contributed by atoms with Crippen molar-refractivity contribution in [3.8, 4) is 5.75 Å². The molecule has 7 nitrogen and oxygen atoms in total. The average Bonchev–Trinajstić information content (AvgIpc) is 2.93. The average molecular weight is 506 g/mol. The summed E-state index contributed by atoms with van der Waals surface area (Å²) in [5.74, 6) is -0.0592. The molecule has 3 aromatic rings. The number of nitrogens with one attached hydrogen (secondary N) is 1. The van der Waals surface area contributed by atoms with E-state index in [0.29, 0.717) is 23.5 Å². The Bertz CT molecular complexity index is 1200. The van der Waals surface area contributed by atoms with Crippen molar-refractivity contribution in [3.05, 3.63) is 95.3 Å². The summed E-state index contributed by atoms with van der Waals surface area (Å²) in [6.07, 6.45) is 0.203. The highest BCUT2D eigenvalue weighted by Gasteiger charge is 2.20. The number of hydrogen-bond acceptors (Lipinski definition) is 5. The third-order valence-corrected chi connectivity index (χ3v) is 6.26. The van der Waals surface area contributed by atoms with Crippen molar-refractivity contribution in [2.24, 2.45) is 0 Å². The van der Waals surface area contributed by atoms with Crippen LogP contribution in [0.25, 0.3) is 0 Å². The lowest BCUT2D eigenvalue weighted by Gasteiger charge is -2.26. The fraction of sp³-hybridized carbons (Fsp3) is 0.310. The first kappa shape index (κ1) is 26.3. The third kappa shape index (κ3) is 7.62. The van der Waals surface area contributed by atoms with E-state index in [1.165, 1.54) is 12.1 Å². The smallest absolute Gasteiger partial charge is 0.258 e. The van der Waals surface area contributed by atoms with Crippen molar-refractivity contribution >= 4 is 17.5 Å². The van der Waals surface area contributed by atoms with E-state index in [9.17, 15) is 14.0 Å². The van der Waals surface area contributed by atoms with E-state index < -0.39 is 0 Å². The Labute approximate surface area is 216 Å². The number of halogens is 1. The number of benzene rings is 3. The minimum atomic E-state index is -0.337. The molecule has 0 radical (unpaired) electrons. The van der Waals surface area contributed by atoms with E-state index in [1.54, 1.807) is 48.4 Å². The zero-order valence-electron chi connectivity index (χ0n) is 21.0. The highest BCUT2D eigenvalue weighted by atomic mass is 19.1. The van der Waals surface area contributed by atoms with Crippen LogP contribution in [0.1, 0.15) is 21.5 Å². The lowest BCUT2D eigenvalue weighted by Crippen LogP contribution is -2.41. The van der Waals surface area contributed by atoms with Crippen LogP contribution in [0.15, 0.2) is 72.8 Å². The summed E-state index contributed by atoms with van der Waals surface area (Å²) < 4.78 is 24.1. The van der Waals surface area contributed by atoms with Gasteiger partial charge in [0, 0.05) is 37.4 Å². The predicted octanol–water partition coefficient (Wildman–Crippen LogP) is 3.67. The van der Waals surface area contributed by atoms with Crippen LogP contribution in [0.5, 0.6) is 5.75 Å². The van der Waals surface area contributed by atoms with Crippen LogP contribution >= 0.6 is 0 Å². The molecule has 4 rings (SSSR count). The van der Waals surface area contributed by atoms with Gasteiger partial charge in [0.1, 0.15) is 11.6 Å². The zero-order valence-corrected chi connectivity index (χ0v) is 21.0. The quantitative estimate of drug-likeness (QED) is 0.455. The van der Waals surface area contributed by atoms with Crippen molar-refractivity contribution in [1.29, 1.82) is 0 Å². The topological polar surface area (TPSA) is 71.1 Å². The summed E-state index contributed by atoms with van der Waals surface area (Å²) in [6.45, 7) is 4.81. The summed E-state index contributed by atoms with van der Waals surface area (Å²) in [5, 5.41) is 2.98. The SMILES string of the molecule is COc1cccc(C(=O)N(Cc2ccc(F)cc2)c2cccc(CC(=O)NCCN3CCOCC3)c2)c1. The van der Waals surface area contributed by atoms with Gasteiger partial charge in [-0.1, -0.05) is 30.3 Å². The zero-order chi connectivity index (χ0) is 26.0. The van der Waals surface area contributed by atoms with Gasteiger partial charge in [-0.2, -0.15) is 0 Å². The van der Waals surface area contributed by atoms with Crippen LogP contribution in [0.2, 0.25) is 0 Å². The minimum absolute atomic E-state index is 0.0744. The van der Waals surface area contributed by atoms with Crippen molar-refractivity contribution in [3.63, 3.8) is 0 Å². The molecule has 0 aliphatic carbocycles. The summed E-state index contributed by atoms with van der Waals surface area (Å²) in [6, 6.07) is 20.4. The second-order valence-electron chi connectivity index (χ2n) is 8.90. The first-order valence-corrected chi connectivity index (χ1v) is 12.4. The fourth-order valence-electron chi connectivity index (χ4n) is 4.23. The van der Waals surface area contributed by atoms with E-state index >= 15 is 0 Å². The second kappa shape index (κ2) is 13.0. The molecule has 1 heterocycles. The largest absolute Gasteiger partial charge is 0.497 e. The number of carbonyl (C=O) groups is 2. The molecule has 0 saturated carbocycles. The molecule has 0 spiro atoms. The number of nitrogens with zero attached hydrogens (tertiary/aromatic N) is 2. The number of ether oxygens (including phenoxy) is 2. The van der Waals surface area contributed by atoms with Crippen molar-refractivity contribution in [1.82, 2.24) is 10.2 Å². The second-order valence-corrected chi connectivity index (χ2v) is 8.90. The van der Waals surface area contributed by atoms with Gasteiger partial charge in [0.05, 0.1) is 33.3 Å². The Morgan fingerprint density at radius 2 is 1.76 bits per heavy atom. The molecular weight excluding hydrogens is 473 g/mol. The molecule has 0 bridgehead atoms. The van der Waals surface area contributed by atoms with Gasteiger partial charge in [0.15, 0.2) is 0 Å². The lowest BCUT2D eigenvalue weighted by atomic mass is 10.1. The van der Waals surface area contributed by atoms with Gasteiger partial charge in [-0.15, -0.1) is 0 Å². The van der Waals surface area contributed by atoms with E-state index in [0.717, 1.165) is 44.0 Å². The van der Waals surface area contributed by atoms with E-state index in [4.69, 9.17) is 9.47 Å². The number of carbonyl (C=O) groups excluding carboxylic acids is 2. The summed E-state index contributed by atoms with van der Waals surface area (Å²) >= 11 is 0. The Morgan fingerprint density at radius 3 is 2.51 bits per heavy atom. The van der Waals surface area contributed by atoms with Crippen LogP contribution in [0.4, 0.5) is 10.1 Å². The van der Waals surface area contributed by atoms with E-state index in [1.807, 2.05) is 24.3 Å². The van der Waals surface area contributed by atoms with E-state index in [2.05, 4.69) is 10.2 Å². The van der Waals surface area contributed by atoms with Crippen LogP contribution in [-0.2, 0) is 22.5 Å². The predicted molar refractivity (Wildman–Crippen MR) is 140 cm³/mol. The van der Waals surface area contributed by atoms with Gasteiger partial charge in [0.25, 0.3) is 5.91 Å². The molecule has 2 amide bonds. The molecule has 1 aliphatic heterocycles. The molecule has 3 aromatic carbocycles. The van der Waals surface area contributed by atoms with Crippen LogP contribution in [0.3, 0.4) is 0 Å². The molecule has 37 heavy (non-hydrogen) atoms. The first-order valence-electron chi connectivity index (χ1n) is 12.4. The van der Waals surface area contributed by atoms with Gasteiger partial charge in [-0.3, -0.25) is 14.5 Å². The highest BCUT2D eigenvalue weighted by molar-refractivity contribution is 6.06. The Balaban J connectivity index is 1.48. The molecule has 0 atom stereocenters. The maximum atomic E-state index is 13.6. The third-order valence-electron chi connectivity index (χ3n) is 6.26. The van der Waals surface area contributed by atoms with Crippen LogP contribution in [-0.4, -0.2) is 63.2 Å². The number of methoxy groups -OCH3 is 1. The van der Waals surface area contributed by atoms with Gasteiger partial charge in [0.2, 0.25) is 5.91 Å². The standard InChI is InChI=1S/C29H32FN3O4/c1-36-27-7-3-5-24(20-27)29(35)33(21-22-8-10-25(30)11-9-22)26-6-2-4-23(18-26)19-28(34)31-12-13-32-14-16-37-17-15-32/h2-11,18,20H,12-17,19,21H2,1H3,(H,31,34). The molecule has 0 aromatic heterocycles. The monoisotopic (exact) mass is 505 g/mol. The van der Waals surface area contributed by atoms with Crippen molar-refractivity contribution in [2.45, 2.75) is 13.0 Å². The number of rotatable bonds is 10. The highest BCUT2D eigenvalue weighted by Crippen LogP contribution is 2.24. The van der Waals surface area contributed by atoms with Gasteiger partial charge in [-0.05, 0) is 53.6 Å². The van der Waals surface area contributed by atoms with Crippen molar-refractivity contribution in [2.75, 3.05) is 51.4 Å². The normalized spacial score (nSPS) is 13.7. The molecule has 8 heteroatoms. The molecule has 1 N–H and O–H groups in total. The van der Waals surface area contributed by atoms with Crippen LogP contribution < -0.4 is 15.0 Å². The molecule has 1 aliphatic rings. The van der Waals surface area contributed by atoms with Crippen LogP contribution in [0, 0.1) is 5.82 Å². The number of anilines is 1. The maximum Gasteiger partial charge on any atom is 0.258 e. The summed E-state index contributed by atoms with van der Waals surface area (Å²) in [7, 11) is 1.55. The van der Waals surface area contributed by atoms with Gasteiger partial charge >= 0.3 is 0 Å². The number of morpholine rings is 1. The molecular formula is C29H32FN3O4. The minimum Gasteiger partial charge on any atom is -0.497 e. The molecule has 1 saturated heterocycles. The maximum absolute atomic E-state index is 13.6. The Kier molecular flexibility index (Phi) is 9.24. The Morgan fingerprint density at radius 1 is 1.00 bits per heavy atom. The first-order chi connectivity index (χ1) is 18.0. The molecule has 0 unspecified atom stereocenters. The van der Waals surface area contributed by atoms with Crippen molar-refractivity contribution < 1.29 is 23.5 Å². The lowest BCUT2D eigenvalue weighted by molar-refractivity contribution is -0.120. The summed E-state index contributed by atoms with van der Waals surface area (Å²) in [5.41, 5.74) is 2.69.